The molecule has 0 radical (unpaired) electrons. The van der Waals surface area contributed by atoms with Crippen molar-refractivity contribution in [1.82, 2.24) is 4.90 Å². The summed E-state index contributed by atoms with van der Waals surface area (Å²) in [6.07, 6.45) is 2.30. The minimum atomic E-state index is -0.189. The van der Waals surface area contributed by atoms with E-state index in [0.717, 1.165) is 36.8 Å². The maximum absolute atomic E-state index is 13.8. The number of rotatable bonds is 8. The summed E-state index contributed by atoms with van der Waals surface area (Å²) >= 11 is 3.44. The quantitative estimate of drug-likeness (QED) is 0.676. The van der Waals surface area contributed by atoms with E-state index in [1.54, 1.807) is 13.2 Å². The summed E-state index contributed by atoms with van der Waals surface area (Å²) in [5.74, 6) is 0.377. The molecule has 0 heterocycles. The van der Waals surface area contributed by atoms with Crippen molar-refractivity contribution in [2.24, 2.45) is 0 Å². The maximum Gasteiger partial charge on any atom is 0.131 e. The van der Waals surface area contributed by atoms with Gasteiger partial charge < -0.3 is 4.74 Å². The first-order valence-corrected chi connectivity index (χ1v) is 7.44. The molecule has 0 spiro atoms. The van der Waals surface area contributed by atoms with E-state index < -0.39 is 0 Å². The van der Waals surface area contributed by atoms with Gasteiger partial charge in [0, 0.05) is 30.0 Å². The zero-order chi connectivity index (χ0) is 13.4. The van der Waals surface area contributed by atoms with E-state index in [1.165, 1.54) is 6.07 Å². The highest BCUT2D eigenvalue weighted by Crippen LogP contribution is 2.18. The molecule has 1 aromatic rings. The number of hydrogen-bond donors (Lipinski definition) is 0. The van der Waals surface area contributed by atoms with Gasteiger partial charge in [-0.25, -0.2) is 4.39 Å². The van der Waals surface area contributed by atoms with Crippen molar-refractivity contribution in [3.63, 3.8) is 0 Å². The van der Waals surface area contributed by atoms with Gasteiger partial charge in [0.05, 0.1) is 7.11 Å². The number of unbranched alkanes of at least 4 members (excludes halogenated alkanes) is 1. The molecule has 0 fully saturated rings. The summed E-state index contributed by atoms with van der Waals surface area (Å²) in [4.78, 5) is 2.27. The van der Waals surface area contributed by atoms with Crippen molar-refractivity contribution < 1.29 is 9.13 Å². The minimum Gasteiger partial charge on any atom is -0.497 e. The second kappa shape index (κ2) is 8.48. The van der Waals surface area contributed by atoms with Gasteiger partial charge in [0.15, 0.2) is 0 Å². The zero-order valence-corrected chi connectivity index (χ0v) is 12.7. The Labute approximate surface area is 117 Å². The molecule has 4 heteroatoms. The van der Waals surface area contributed by atoms with Gasteiger partial charge in [0.1, 0.15) is 11.6 Å². The molecule has 0 amide bonds. The van der Waals surface area contributed by atoms with Gasteiger partial charge >= 0.3 is 0 Å². The largest absolute Gasteiger partial charge is 0.497 e. The van der Waals surface area contributed by atoms with E-state index in [1.807, 2.05) is 6.07 Å². The van der Waals surface area contributed by atoms with E-state index in [-0.39, 0.29) is 5.82 Å². The molecule has 0 atom stereocenters. The third-order valence-corrected chi connectivity index (χ3v) is 3.24. The molecule has 102 valence electrons. The lowest BCUT2D eigenvalue weighted by Crippen LogP contribution is -2.26. The van der Waals surface area contributed by atoms with Crippen molar-refractivity contribution in [2.75, 3.05) is 25.5 Å². The topological polar surface area (TPSA) is 12.5 Å². The lowest BCUT2D eigenvalue weighted by molar-refractivity contribution is 0.274. The predicted octanol–water partition coefficient (Wildman–Crippen LogP) is 3.83. The third kappa shape index (κ3) is 4.94. The molecule has 0 N–H and O–H groups in total. The van der Waals surface area contributed by atoms with E-state index >= 15 is 0 Å². The Balaban J connectivity index is 2.67. The molecular weight excluding hydrogens is 297 g/mol. The molecule has 0 aliphatic carbocycles. The highest BCUT2D eigenvalue weighted by Gasteiger charge is 2.09. The van der Waals surface area contributed by atoms with E-state index in [0.29, 0.717) is 12.3 Å². The summed E-state index contributed by atoms with van der Waals surface area (Å²) < 4.78 is 18.8. The smallest absolute Gasteiger partial charge is 0.131 e. The molecule has 1 aromatic carbocycles. The van der Waals surface area contributed by atoms with Crippen LogP contribution in [0.25, 0.3) is 0 Å². The first-order chi connectivity index (χ1) is 8.71. The minimum absolute atomic E-state index is 0.189. The highest BCUT2D eigenvalue weighted by molar-refractivity contribution is 9.09. The second-order valence-electron chi connectivity index (χ2n) is 4.28. The Kier molecular flexibility index (Phi) is 7.28. The summed E-state index contributed by atoms with van der Waals surface area (Å²) in [6, 6.07) is 5.06. The van der Waals surface area contributed by atoms with Crippen molar-refractivity contribution in [3.05, 3.63) is 29.6 Å². The molecule has 0 aliphatic rings. The van der Waals surface area contributed by atoms with Crippen LogP contribution in [0.1, 0.15) is 25.3 Å². The molecule has 0 saturated carbocycles. The molecule has 0 aliphatic heterocycles. The molecule has 2 nitrogen and oxygen atoms in total. The summed E-state index contributed by atoms with van der Waals surface area (Å²) in [6.45, 7) is 4.76. The summed E-state index contributed by atoms with van der Waals surface area (Å²) in [7, 11) is 1.55. The first-order valence-electron chi connectivity index (χ1n) is 6.32. The molecular formula is C14H21BrFNO. The lowest BCUT2D eigenvalue weighted by atomic mass is 10.2. The van der Waals surface area contributed by atoms with E-state index in [2.05, 4.69) is 27.8 Å². The maximum atomic E-state index is 13.8. The van der Waals surface area contributed by atoms with Gasteiger partial charge in [-0.3, -0.25) is 4.90 Å². The van der Waals surface area contributed by atoms with Crippen LogP contribution in [0.3, 0.4) is 0 Å². The fraction of sp³-hybridized carbons (Fsp3) is 0.571. The normalized spacial score (nSPS) is 10.9. The summed E-state index contributed by atoms with van der Waals surface area (Å²) in [5.41, 5.74) is 0.729. The van der Waals surface area contributed by atoms with Crippen molar-refractivity contribution in [2.45, 2.75) is 26.3 Å². The number of hydrogen-bond acceptors (Lipinski definition) is 2. The van der Waals surface area contributed by atoms with Crippen LogP contribution < -0.4 is 4.74 Å². The summed E-state index contributed by atoms with van der Waals surface area (Å²) in [5, 5.41) is 0.911. The number of halogens is 2. The number of ether oxygens (including phenoxy) is 1. The van der Waals surface area contributed by atoms with Crippen molar-refractivity contribution in [3.8, 4) is 5.75 Å². The van der Waals surface area contributed by atoms with Crippen molar-refractivity contribution in [1.29, 1.82) is 0 Å². The molecule has 1 rings (SSSR count). The third-order valence-electron chi connectivity index (χ3n) is 2.88. The highest BCUT2D eigenvalue weighted by atomic mass is 79.9. The van der Waals surface area contributed by atoms with Crippen LogP contribution in [0.2, 0.25) is 0 Å². The van der Waals surface area contributed by atoms with E-state index in [9.17, 15) is 4.39 Å². The number of alkyl halides is 1. The predicted molar refractivity (Wildman–Crippen MR) is 76.9 cm³/mol. The Morgan fingerprint density at radius 1 is 1.33 bits per heavy atom. The van der Waals surface area contributed by atoms with Crippen LogP contribution in [-0.2, 0) is 6.54 Å². The Hall–Kier alpha value is -0.610. The first kappa shape index (κ1) is 15.4. The standard InChI is InChI=1S/C14H21BrFNO/c1-3-4-8-17(9-7-15)11-12-5-6-13(18-2)10-14(12)16/h5-6,10H,3-4,7-9,11H2,1-2H3. The van der Waals surface area contributed by atoms with Gasteiger partial charge in [0.25, 0.3) is 0 Å². The number of methoxy groups -OCH3 is 1. The molecule has 0 unspecified atom stereocenters. The molecule has 0 bridgehead atoms. The van der Waals surface area contributed by atoms with E-state index in [4.69, 9.17) is 4.74 Å². The van der Waals surface area contributed by atoms with Gasteiger partial charge in [-0.05, 0) is 19.0 Å². The monoisotopic (exact) mass is 317 g/mol. The van der Waals surface area contributed by atoms with Crippen molar-refractivity contribution >= 4 is 15.9 Å². The Bertz CT molecular complexity index is 360. The van der Waals surface area contributed by atoms with Crippen LogP contribution in [0, 0.1) is 5.82 Å². The van der Waals surface area contributed by atoms with Gasteiger partial charge in [-0.2, -0.15) is 0 Å². The molecule has 0 saturated heterocycles. The van der Waals surface area contributed by atoms with Gasteiger partial charge in [-0.15, -0.1) is 0 Å². The molecule has 18 heavy (non-hydrogen) atoms. The SMILES string of the molecule is CCCCN(CCBr)Cc1ccc(OC)cc1F. The molecule has 0 aromatic heterocycles. The lowest BCUT2D eigenvalue weighted by Gasteiger charge is -2.21. The number of benzene rings is 1. The van der Waals surface area contributed by atoms with Gasteiger partial charge in [-0.1, -0.05) is 35.3 Å². The van der Waals surface area contributed by atoms with Gasteiger partial charge in [0.2, 0.25) is 0 Å². The second-order valence-corrected chi connectivity index (χ2v) is 5.07. The average molecular weight is 318 g/mol. The number of nitrogens with zero attached hydrogens (tertiary/aromatic N) is 1. The average Bonchev–Trinajstić information content (AvgIpc) is 2.38. The van der Waals surface area contributed by atoms with Crippen LogP contribution in [0.5, 0.6) is 5.75 Å². The Morgan fingerprint density at radius 2 is 2.11 bits per heavy atom. The van der Waals surface area contributed by atoms with Crippen LogP contribution in [0.4, 0.5) is 4.39 Å². The van der Waals surface area contributed by atoms with Crippen LogP contribution >= 0.6 is 15.9 Å². The fourth-order valence-corrected chi connectivity index (χ4v) is 2.30. The van der Waals surface area contributed by atoms with Crippen LogP contribution in [-0.4, -0.2) is 30.4 Å². The van der Waals surface area contributed by atoms with Crippen LogP contribution in [0.15, 0.2) is 18.2 Å². The fourth-order valence-electron chi connectivity index (χ4n) is 1.80. The Morgan fingerprint density at radius 3 is 2.67 bits per heavy atom. The zero-order valence-electron chi connectivity index (χ0n) is 11.1.